The van der Waals surface area contributed by atoms with Crippen LogP contribution in [0.3, 0.4) is 0 Å². The fourth-order valence-corrected chi connectivity index (χ4v) is 5.44. The highest BCUT2D eigenvalue weighted by Gasteiger charge is 2.36. The number of ether oxygens (including phenoxy) is 2. The van der Waals surface area contributed by atoms with Crippen molar-refractivity contribution in [1.29, 1.82) is 0 Å². The van der Waals surface area contributed by atoms with E-state index in [4.69, 9.17) is 9.47 Å². The van der Waals surface area contributed by atoms with E-state index in [2.05, 4.69) is 11.9 Å². The van der Waals surface area contributed by atoms with Gasteiger partial charge in [-0.25, -0.2) is 0 Å². The zero-order valence-electron chi connectivity index (χ0n) is 23.1. The van der Waals surface area contributed by atoms with Crippen LogP contribution in [0.4, 0.5) is 10.5 Å². The van der Waals surface area contributed by atoms with Crippen molar-refractivity contribution >= 4 is 40.6 Å². The van der Waals surface area contributed by atoms with Crippen LogP contribution in [0.5, 0.6) is 11.5 Å². The Balaban J connectivity index is 1.53. The van der Waals surface area contributed by atoms with E-state index < -0.39 is 17.1 Å². The lowest BCUT2D eigenvalue weighted by Gasteiger charge is -2.16. The van der Waals surface area contributed by atoms with Crippen molar-refractivity contribution in [3.63, 3.8) is 0 Å². The van der Waals surface area contributed by atoms with Crippen LogP contribution in [0.2, 0.25) is 0 Å². The number of hydrogen-bond donors (Lipinski definition) is 1. The second-order valence-electron chi connectivity index (χ2n) is 9.57. The van der Waals surface area contributed by atoms with Crippen LogP contribution in [0.15, 0.2) is 72.2 Å². The summed E-state index contributed by atoms with van der Waals surface area (Å²) in [6.45, 7) is 9.65. The number of carbonyl (C=O) groups is 3. The quantitative estimate of drug-likeness (QED) is 0.224. The van der Waals surface area contributed by atoms with Crippen LogP contribution < -0.4 is 14.8 Å². The first kappa shape index (κ1) is 28.7. The molecule has 3 aromatic carbocycles. The topological polar surface area (TPSA) is 84.9 Å². The Kier molecular flexibility index (Phi) is 9.11. The summed E-state index contributed by atoms with van der Waals surface area (Å²) in [5, 5.41) is 2.36. The van der Waals surface area contributed by atoms with Gasteiger partial charge in [0.15, 0.2) is 11.5 Å². The average Bonchev–Trinajstić information content (AvgIpc) is 3.17. The van der Waals surface area contributed by atoms with E-state index in [-0.39, 0.29) is 11.4 Å². The predicted molar refractivity (Wildman–Crippen MR) is 160 cm³/mol. The summed E-state index contributed by atoms with van der Waals surface area (Å²) in [6, 6.07) is 17.4. The van der Waals surface area contributed by atoms with Crippen molar-refractivity contribution in [3.8, 4) is 11.5 Å². The molecule has 8 heteroatoms. The van der Waals surface area contributed by atoms with Gasteiger partial charge in [0, 0.05) is 11.3 Å². The summed E-state index contributed by atoms with van der Waals surface area (Å²) in [5.41, 5.74) is 6.13. The van der Waals surface area contributed by atoms with E-state index >= 15 is 0 Å². The Morgan fingerprint density at radius 3 is 2.40 bits per heavy atom. The Morgan fingerprint density at radius 2 is 1.75 bits per heavy atom. The van der Waals surface area contributed by atoms with Crippen molar-refractivity contribution in [2.75, 3.05) is 19.0 Å². The largest absolute Gasteiger partial charge is 0.493 e. The van der Waals surface area contributed by atoms with Crippen molar-refractivity contribution in [2.24, 2.45) is 0 Å². The zero-order chi connectivity index (χ0) is 28.8. The van der Waals surface area contributed by atoms with Gasteiger partial charge in [-0.3, -0.25) is 19.3 Å². The number of nitrogens with one attached hydrogen (secondary N) is 1. The number of carbonyl (C=O) groups excluding carboxylic acids is 3. The Labute approximate surface area is 238 Å². The molecule has 4 rings (SSSR count). The lowest BCUT2D eigenvalue weighted by Crippen LogP contribution is -2.36. The highest BCUT2D eigenvalue weighted by molar-refractivity contribution is 8.18. The first-order valence-electron chi connectivity index (χ1n) is 12.8. The molecule has 1 fully saturated rings. The van der Waals surface area contributed by atoms with E-state index in [9.17, 15) is 14.4 Å². The average molecular weight is 557 g/mol. The van der Waals surface area contributed by atoms with Gasteiger partial charge >= 0.3 is 0 Å². The molecule has 1 heterocycles. The SMILES string of the molecule is C=CCc1cc(/C=C2\SC(=O)N(CC(=O)Nc3c(C)cc(C)cc3C)C2=O)cc(OC)c1OCc1ccccc1. The lowest BCUT2D eigenvalue weighted by molar-refractivity contribution is -0.127. The van der Waals surface area contributed by atoms with Gasteiger partial charge in [0.05, 0.1) is 12.0 Å². The number of anilines is 1. The third-order valence-electron chi connectivity index (χ3n) is 6.38. The monoisotopic (exact) mass is 556 g/mol. The molecule has 0 aliphatic carbocycles. The first-order chi connectivity index (χ1) is 19.2. The predicted octanol–water partition coefficient (Wildman–Crippen LogP) is 6.60. The molecular formula is C32H32N2O5S. The number of allylic oxidation sites excluding steroid dienone is 1. The van der Waals surface area contributed by atoms with Crippen LogP contribution in [-0.2, 0) is 22.6 Å². The van der Waals surface area contributed by atoms with Crippen LogP contribution >= 0.6 is 11.8 Å². The van der Waals surface area contributed by atoms with Crippen LogP contribution in [0, 0.1) is 20.8 Å². The zero-order valence-corrected chi connectivity index (χ0v) is 23.9. The summed E-state index contributed by atoms with van der Waals surface area (Å²) < 4.78 is 11.7. The standard InChI is InChI=1S/C32H32N2O5S/c1-6-10-25-15-24(16-26(38-5)30(25)39-19-23-11-8-7-9-12-23)17-27-31(36)34(32(37)40-27)18-28(35)33-29-21(3)13-20(2)14-22(29)4/h6-9,11-17H,1,10,18-19H2,2-5H3,(H,33,35)/b27-17-. The minimum Gasteiger partial charge on any atom is -0.493 e. The summed E-state index contributed by atoms with van der Waals surface area (Å²) in [7, 11) is 1.55. The van der Waals surface area contributed by atoms with E-state index in [1.807, 2.05) is 69.3 Å². The van der Waals surface area contributed by atoms with Crippen LogP contribution in [0.25, 0.3) is 6.08 Å². The molecule has 0 aromatic heterocycles. The molecule has 0 spiro atoms. The molecule has 206 valence electrons. The molecule has 7 nitrogen and oxygen atoms in total. The van der Waals surface area contributed by atoms with Gasteiger partial charge in [0.1, 0.15) is 13.2 Å². The van der Waals surface area contributed by atoms with Gasteiger partial charge in [-0.05, 0) is 79.4 Å². The highest BCUT2D eigenvalue weighted by atomic mass is 32.2. The van der Waals surface area contributed by atoms with E-state index in [0.29, 0.717) is 35.8 Å². The number of imide groups is 1. The molecule has 0 unspecified atom stereocenters. The molecule has 0 radical (unpaired) electrons. The smallest absolute Gasteiger partial charge is 0.294 e. The number of benzene rings is 3. The van der Waals surface area contributed by atoms with Gasteiger partial charge in [0.2, 0.25) is 5.91 Å². The van der Waals surface area contributed by atoms with Gasteiger partial charge in [-0.1, -0.05) is 54.1 Å². The maximum Gasteiger partial charge on any atom is 0.294 e. The van der Waals surface area contributed by atoms with Crippen molar-refractivity contribution in [2.45, 2.75) is 33.8 Å². The summed E-state index contributed by atoms with van der Waals surface area (Å²) in [4.78, 5) is 39.8. The maximum atomic E-state index is 13.1. The molecule has 1 N–H and O–H groups in total. The Hall–Kier alpha value is -4.30. The van der Waals surface area contributed by atoms with Gasteiger partial charge < -0.3 is 14.8 Å². The number of aryl methyl sites for hydroxylation is 3. The Morgan fingerprint density at radius 1 is 1.05 bits per heavy atom. The van der Waals surface area contributed by atoms with Crippen molar-refractivity contribution in [3.05, 3.63) is 106 Å². The molecule has 1 aliphatic heterocycles. The Bertz CT molecular complexity index is 1470. The van der Waals surface area contributed by atoms with Crippen LogP contribution in [-0.4, -0.2) is 35.6 Å². The molecule has 40 heavy (non-hydrogen) atoms. The summed E-state index contributed by atoms with van der Waals surface area (Å²) in [5.74, 6) is 0.142. The molecular weight excluding hydrogens is 524 g/mol. The van der Waals surface area contributed by atoms with E-state index in [1.54, 1.807) is 25.3 Å². The van der Waals surface area contributed by atoms with Gasteiger partial charge in [0.25, 0.3) is 11.1 Å². The summed E-state index contributed by atoms with van der Waals surface area (Å²) in [6.07, 6.45) is 3.91. The number of nitrogens with zero attached hydrogens (tertiary/aromatic N) is 1. The van der Waals surface area contributed by atoms with Gasteiger partial charge in [-0.15, -0.1) is 6.58 Å². The normalized spacial score (nSPS) is 14.0. The minimum atomic E-state index is -0.517. The third kappa shape index (κ3) is 6.63. The number of methoxy groups -OCH3 is 1. The molecule has 1 saturated heterocycles. The minimum absolute atomic E-state index is 0.227. The molecule has 0 atom stereocenters. The van der Waals surface area contributed by atoms with Crippen LogP contribution in [0.1, 0.15) is 33.4 Å². The molecule has 3 amide bonds. The third-order valence-corrected chi connectivity index (χ3v) is 7.29. The molecule has 0 saturated carbocycles. The fraction of sp³-hybridized carbons (Fsp3) is 0.219. The fourth-order valence-electron chi connectivity index (χ4n) is 4.61. The van der Waals surface area contributed by atoms with E-state index in [0.717, 1.165) is 44.5 Å². The van der Waals surface area contributed by atoms with Gasteiger partial charge in [-0.2, -0.15) is 0 Å². The number of rotatable bonds is 10. The number of amides is 3. The highest BCUT2D eigenvalue weighted by Crippen LogP contribution is 2.37. The first-order valence-corrected chi connectivity index (χ1v) is 13.6. The van der Waals surface area contributed by atoms with Crippen molar-refractivity contribution in [1.82, 2.24) is 4.90 Å². The van der Waals surface area contributed by atoms with Crippen molar-refractivity contribution < 1.29 is 23.9 Å². The molecule has 0 bridgehead atoms. The number of hydrogen-bond acceptors (Lipinski definition) is 6. The summed E-state index contributed by atoms with van der Waals surface area (Å²) >= 11 is 0.804. The van der Waals surface area contributed by atoms with E-state index in [1.165, 1.54) is 0 Å². The molecule has 1 aliphatic rings. The molecule has 3 aromatic rings. The number of thioether (sulfide) groups is 1. The second-order valence-corrected chi connectivity index (χ2v) is 10.6. The maximum absolute atomic E-state index is 13.1. The lowest BCUT2D eigenvalue weighted by atomic mass is 10.0. The second kappa shape index (κ2) is 12.7.